The first-order valence-electron chi connectivity index (χ1n) is 4.20. The molecule has 0 fully saturated rings. The van der Waals surface area contributed by atoms with E-state index in [2.05, 4.69) is 0 Å². The molecule has 0 heterocycles. The Morgan fingerprint density at radius 3 is 2.64 bits per heavy atom. The molecule has 2 atom stereocenters. The first kappa shape index (κ1) is 10.9. The summed E-state index contributed by atoms with van der Waals surface area (Å²) < 4.78 is 5.28. The fourth-order valence-corrected chi connectivity index (χ4v) is 0.887. The minimum atomic E-state index is -0.234. The molecular formula is C8H19NO2. The van der Waals surface area contributed by atoms with Gasteiger partial charge in [0.2, 0.25) is 0 Å². The third-order valence-electron chi connectivity index (χ3n) is 1.60. The molecule has 0 amide bonds. The Labute approximate surface area is 68.5 Å². The Bertz CT molecular complexity index is 88.2. The predicted octanol–water partition coefficient (Wildman–Crippen LogP) is 0.511. The molecule has 0 saturated carbocycles. The smallest absolute Gasteiger partial charge is 0.0592 e. The SMILES string of the molecule is CCC(O)CC(C)OCCN. The van der Waals surface area contributed by atoms with Crippen LogP contribution in [-0.2, 0) is 4.74 Å². The maximum Gasteiger partial charge on any atom is 0.0592 e. The van der Waals surface area contributed by atoms with E-state index in [0.29, 0.717) is 19.6 Å². The number of nitrogens with two attached hydrogens (primary N) is 1. The van der Waals surface area contributed by atoms with Crippen molar-refractivity contribution in [3.05, 3.63) is 0 Å². The van der Waals surface area contributed by atoms with Crippen LogP contribution in [0.2, 0.25) is 0 Å². The average molecular weight is 161 g/mol. The third kappa shape index (κ3) is 6.28. The van der Waals surface area contributed by atoms with E-state index in [1.165, 1.54) is 0 Å². The molecule has 2 unspecified atom stereocenters. The van der Waals surface area contributed by atoms with Gasteiger partial charge in [0.1, 0.15) is 0 Å². The molecule has 0 aromatic rings. The summed E-state index contributed by atoms with van der Waals surface area (Å²) in [6.07, 6.45) is 1.38. The van der Waals surface area contributed by atoms with Crippen LogP contribution in [0, 0.1) is 0 Å². The fourth-order valence-electron chi connectivity index (χ4n) is 0.887. The van der Waals surface area contributed by atoms with Crippen molar-refractivity contribution in [3.63, 3.8) is 0 Å². The predicted molar refractivity (Wildman–Crippen MR) is 45.4 cm³/mol. The Morgan fingerprint density at radius 2 is 2.18 bits per heavy atom. The van der Waals surface area contributed by atoms with Gasteiger partial charge in [0.05, 0.1) is 18.8 Å². The highest BCUT2D eigenvalue weighted by Crippen LogP contribution is 2.04. The second-order valence-electron chi connectivity index (χ2n) is 2.77. The van der Waals surface area contributed by atoms with Crippen molar-refractivity contribution in [3.8, 4) is 0 Å². The molecule has 0 aliphatic carbocycles. The number of aliphatic hydroxyl groups is 1. The first-order valence-corrected chi connectivity index (χ1v) is 4.20. The van der Waals surface area contributed by atoms with Gasteiger partial charge in [-0.25, -0.2) is 0 Å². The second-order valence-corrected chi connectivity index (χ2v) is 2.77. The molecule has 3 nitrogen and oxygen atoms in total. The molecular weight excluding hydrogens is 142 g/mol. The third-order valence-corrected chi connectivity index (χ3v) is 1.60. The van der Waals surface area contributed by atoms with Crippen LogP contribution in [-0.4, -0.2) is 30.5 Å². The van der Waals surface area contributed by atoms with E-state index < -0.39 is 0 Å². The van der Waals surface area contributed by atoms with Gasteiger partial charge in [-0.2, -0.15) is 0 Å². The van der Waals surface area contributed by atoms with Crippen molar-refractivity contribution in [1.82, 2.24) is 0 Å². The quantitative estimate of drug-likeness (QED) is 0.597. The lowest BCUT2D eigenvalue weighted by Crippen LogP contribution is -2.20. The van der Waals surface area contributed by atoms with Crippen molar-refractivity contribution >= 4 is 0 Å². The Hall–Kier alpha value is -0.120. The molecule has 3 N–H and O–H groups in total. The van der Waals surface area contributed by atoms with E-state index in [1.807, 2.05) is 13.8 Å². The van der Waals surface area contributed by atoms with Gasteiger partial charge in [-0.15, -0.1) is 0 Å². The molecule has 0 aromatic heterocycles. The van der Waals surface area contributed by atoms with Gasteiger partial charge in [-0.05, 0) is 19.8 Å². The minimum Gasteiger partial charge on any atom is -0.393 e. The van der Waals surface area contributed by atoms with Crippen molar-refractivity contribution in [1.29, 1.82) is 0 Å². The van der Waals surface area contributed by atoms with Gasteiger partial charge in [0.25, 0.3) is 0 Å². The van der Waals surface area contributed by atoms with Crippen LogP contribution >= 0.6 is 0 Å². The molecule has 0 bridgehead atoms. The normalized spacial score (nSPS) is 16.4. The zero-order chi connectivity index (χ0) is 8.69. The second kappa shape index (κ2) is 6.58. The lowest BCUT2D eigenvalue weighted by molar-refractivity contribution is 0.0274. The van der Waals surface area contributed by atoms with Gasteiger partial charge in [-0.1, -0.05) is 6.92 Å². The highest BCUT2D eigenvalue weighted by molar-refractivity contribution is 4.58. The Morgan fingerprint density at radius 1 is 1.55 bits per heavy atom. The lowest BCUT2D eigenvalue weighted by Gasteiger charge is -2.15. The lowest BCUT2D eigenvalue weighted by atomic mass is 10.1. The summed E-state index contributed by atoms with van der Waals surface area (Å²) in [5.74, 6) is 0. The molecule has 0 aliphatic heterocycles. The van der Waals surface area contributed by atoms with Crippen LogP contribution in [0.5, 0.6) is 0 Å². The molecule has 0 rings (SSSR count). The van der Waals surface area contributed by atoms with Crippen LogP contribution in [0.4, 0.5) is 0 Å². The van der Waals surface area contributed by atoms with Gasteiger partial charge in [0.15, 0.2) is 0 Å². The molecule has 0 aliphatic rings. The standard InChI is InChI=1S/C8H19NO2/c1-3-8(10)6-7(2)11-5-4-9/h7-8,10H,3-6,9H2,1-2H3. The number of aliphatic hydroxyl groups excluding tert-OH is 1. The van der Waals surface area contributed by atoms with Gasteiger partial charge in [-0.3, -0.25) is 0 Å². The van der Waals surface area contributed by atoms with E-state index >= 15 is 0 Å². The number of hydrogen-bond acceptors (Lipinski definition) is 3. The van der Waals surface area contributed by atoms with Crippen molar-refractivity contribution in [2.24, 2.45) is 5.73 Å². The van der Waals surface area contributed by atoms with E-state index in [4.69, 9.17) is 10.5 Å². The molecule has 0 radical (unpaired) electrons. The van der Waals surface area contributed by atoms with E-state index in [-0.39, 0.29) is 12.2 Å². The summed E-state index contributed by atoms with van der Waals surface area (Å²) in [7, 11) is 0. The van der Waals surface area contributed by atoms with Gasteiger partial charge >= 0.3 is 0 Å². The van der Waals surface area contributed by atoms with E-state index in [0.717, 1.165) is 6.42 Å². The van der Waals surface area contributed by atoms with E-state index in [9.17, 15) is 5.11 Å². The summed E-state index contributed by atoms with van der Waals surface area (Å²) in [5.41, 5.74) is 5.25. The Balaban J connectivity index is 3.27. The topological polar surface area (TPSA) is 55.5 Å². The number of ether oxygens (including phenoxy) is 1. The Kier molecular flexibility index (Phi) is 6.51. The summed E-state index contributed by atoms with van der Waals surface area (Å²) in [4.78, 5) is 0. The monoisotopic (exact) mass is 161 g/mol. The van der Waals surface area contributed by atoms with Gasteiger partial charge in [0, 0.05) is 6.54 Å². The largest absolute Gasteiger partial charge is 0.393 e. The molecule has 68 valence electrons. The highest BCUT2D eigenvalue weighted by atomic mass is 16.5. The van der Waals surface area contributed by atoms with Gasteiger partial charge < -0.3 is 15.6 Å². The molecule has 3 heteroatoms. The molecule has 0 spiro atoms. The zero-order valence-electron chi connectivity index (χ0n) is 7.42. The number of rotatable bonds is 6. The van der Waals surface area contributed by atoms with Crippen LogP contribution in [0.3, 0.4) is 0 Å². The van der Waals surface area contributed by atoms with Crippen LogP contribution in [0.25, 0.3) is 0 Å². The van der Waals surface area contributed by atoms with Crippen molar-refractivity contribution in [2.75, 3.05) is 13.2 Å². The van der Waals surface area contributed by atoms with E-state index in [1.54, 1.807) is 0 Å². The molecule has 11 heavy (non-hydrogen) atoms. The maximum atomic E-state index is 9.22. The number of hydrogen-bond donors (Lipinski definition) is 2. The first-order chi connectivity index (χ1) is 5.20. The summed E-state index contributed by atoms with van der Waals surface area (Å²) in [6.45, 7) is 5.04. The summed E-state index contributed by atoms with van der Waals surface area (Å²) in [5, 5.41) is 9.22. The zero-order valence-corrected chi connectivity index (χ0v) is 7.42. The molecule has 0 saturated heterocycles. The van der Waals surface area contributed by atoms with Crippen LogP contribution in [0.15, 0.2) is 0 Å². The summed E-state index contributed by atoms with van der Waals surface area (Å²) >= 11 is 0. The maximum absolute atomic E-state index is 9.22. The van der Waals surface area contributed by atoms with Crippen molar-refractivity contribution in [2.45, 2.75) is 38.9 Å². The van der Waals surface area contributed by atoms with Crippen LogP contribution < -0.4 is 5.73 Å². The fraction of sp³-hybridized carbons (Fsp3) is 1.00. The average Bonchev–Trinajstić information content (AvgIpc) is 2.00. The van der Waals surface area contributed by atoms with Crippen molar-refractivity contribution < 1.29 is 9.84 Å². The highest BCUT2D eigenvalue weighted by Gasteiger charge is 2.07. The van der Waals surface area contributed by atoms with Crippen LogP contribution in [0.1, 0.15) is 26.7 Å². The molecule has 0 aromatic carbocycles. The summed E-state index contributed by atoms with van der Waals surface area (Å²) in [6, 6.07) is 0. The minimum absolute atomic E-state index is 0.119.